The summed E-state index contributed by atoms with van der Waals surface area (Å²) < 4.78 is 10.8. The van der Waals surface area contributed by atoms with Crippen LogP contribution in [0.15, 0.2) is 12.1 Å². The van der Waals surface area contributed by atoms with Gasteiger partial charge in [-0.3, -0.25) is 0 Å². The number of aryl methyl sites for hydroxylation is 1. The minimum atomic E-state index is 0.354. The Morgan fingerprint density at radius 1 is 1.25 bits per heavy atom. The molecule has 2 aliphatic rings. The third-order valence-electron chi connectivity index (χ3n) is 3.61. The van der Waals surface area contributed by atoms with E-state index in [0.717, 1.165) is 36.7 Å². The zero-order chi connectivity index (χ0) is 11.1. The summed E-state index contributed by atoms with van der Waals surface area (Å²) in [5.41, 5.74) is 8.48. The molecule has 0 atom stereocenters. The van der Waals surface area contributed by atoms with Crippen LogP contribution in [0.2, 0.25) is 0 Å². The third kappa shape index (κ3) is 1.65. The number of nitrogens with two attached hydrogens (primary N) is 1. The summed E-state index contributed by atoms with van der Waals surface area (Å²) in [5.74, 6) is 2.53. The monoisotopic (exact) mass is 219 g/mol. The van der Waals surface area contributed by atoms with Crippen LogP contribution in [-0.2, 0) is 6.42 Å². The van der Waals surface area contributed by atoms with E-state index in [4.69, 9.17) is 15.2 Å². The summed E-state index contributed by atoms with van der Waals surface area (Å²) in [7, 11) is 0. The maximum absolute atomic E-state index is 5.81. The fraction of sp³-hybridized carbons (Fsp3) is 0.538. The Morgan fingerprint density at radius 3 is 2.62 bits per heavy atom. The van der Waals surface area contributed by atoms with Gasteiger partial charge in [0.25, 0.3) is 0 Å². The first-order valence-corrected chi connectivity index (χ1v) is 5.87. The first-order valence-electron chi connectivity index (χ1n) is 5.87. The van der Waals surface area contributed by atoms with Crippen molar-refractivity contribution in [3.8, 4) is 11.5 Å². The van der Waals surface area contributed by atoms with Crippen molar-refractivity contribution in [3.63, 3.8) is 0 Å². The smallest absolute Gasteiger partial charge is 0.231 e. The molecule has 3 heteroatoms. The highest BCUT2D eigenvalue weighted by atomic mass is 16.7. The summed E-state index contributed by atoms with van der Waals surface area (Å²) in [6.45, 7) is 2.49. The van der Waals surface area contributed by atoms with E-state index in [2.05, 4.69) is 19.1 Å². The first kappa shape index (κ1) is 9.97. The first-order chi connectivity index (χ1) is 7.72. The quantitative estimate of drug-likeness (QED) is 0.827. The summed E-state index contributed by atoms with van der Waals surface area (Å²) in [4.78, 5) is 0. The predicted octanol–water partition coefficient (Wildman–Crippen LogP) is 2.00. The van der Waals surface area contributed by atoms with Crippen molar-refractivity contribution in [1.82, 2.24) is 0 Å². The molecule has 3 nitrogen and oxygen atoms in total. The average Bonchev–Trinajstić information content (AvgIpc) is 2.63. The van der Waals surface area contributed by atoms with Gasteiger partial charge in [0, 0.05) is 6.04 Å². The number of hydrogen-bond donors (Lipinski definition) is 1. The highest BCUT2D eigenvalue weighted by Gasteiger charge is 2.27. The summed E-state index contributed by atoms with van der Waals surface area (Å²) in [6.07, 6.45) is 3.44. The van der Waals surface area contributed by atoms with Crippen LogP contribution < -0.4 is 15.2 Å². The Balaban J connectivity index is 1.79. The summed E-state index contributed by atoms with van der Waals surface area (Å²) >= 11 is 0. The SMILES string of the molecule is Cc1cc2c(cc1CC1CC(N)C1)OCO2. The van der Waals surface area contributed by atoms with Gasteiger partial charge in [0.05, 0.1) is 0 Å². The van der Waals surface area contributed by atoms with Crippen LogP contribution in [0.25, 0.3) is 0 Å². The molecular formula is C13H17NO2. The Kier molecular flexibility index (Phi) is 2.28. The molecule has 3 rings (SSSR count). The van der Waals surface area contributed by atoms with Crippen molar-refractivity contribution < 1.29 is 9.47 Å². The van der Waals surface area contributed by atoms with E-state index >= 15 is 0 Å². The number of fused-ring (bicyclic) bond motifs is 1. The largest absolute Gasteiger partial charge is 0.454 e. The molecule has 0 unspecified atom stereocenters. The Labute approximate surface area is 95.5 Å². The van der Waals surface area contributed by atoms with Gasteiger partial charge in [0.1, 0.15) is 0 Å². The van der Waals surface area contributed by atoms with E-state index in [-0.39, 0.29) is 0 Å². The molecule has 0 radical (unpaired) electrons. The molecule has 0 amide bonds. The van der Waals surface area contributed by atoms with Crippen LogP contribution in [-0.4, -0.2) is 12.8 Å². The minimum absolute atomic E-state index is 0.354. The lowest BCUT2D eigenvalue weighted by molar-refractivity contribution is 0.174. The van der Waals surface area contributed by atoms with E-state index in [1.54, 1.807) is 0 Å². The second-order valence-corrected chi connectivity index (χ2v) is 4.93. The van der Waals surface area contributed by atoms with Crippen LogP contribution in [0.5, 0.6) is 11.5 Å². The average molecular weight is 219 g/mol. The molecule has 1 heterocycles. The molecule has 1 saturated carbocycles. The van der Waals surface area contributed by atoms with E-state index < -0.39 is 0 Å². The van der Waals surface area contributed by atoms with Crippen molar-refractivity contribution in [3.05, 3.63) is 23.3 Å². The number of benzene rings is 1. The molecule has 1 aromatic rings. The maximum atomic E-state index is 5.81. The molecule has 0 spiro atoms. The zero-order valence-corrected chi connectivity index (χ0v) is 9.53. The van der Waals surface area contributed by atoms with Crippen molar-refractivity contribution in [2.75, 3.05) is 6.79 Å². The molecule has 16 heavy (non-hydrogen) atoms. The van der Waals surface area contributed by atoms with Crippen LogP contribution >= 0.6 is 0 Å². The molecule has 0 bridgehead atoms. The van der Waals surface area contributed by atoms with Gasteiger partial charge in [0.2, 0.25) is 6.79 Å². The zero-order valence-electron chi connectivity index (χ0n) is 9.53. The standard InChI is InChI=1S/C13H17NO2/c1-8-2-12-13(16-7-15-12)6-10(8)3-9-4-11(14)5-9/h2,6,9,11H,3-5,7,14H2,1H3. The molecule has 0 saturated heterocycles. The normalized spacial score (nSPS) is 26.6. The second kappa shape index (κ2) is 3.67. The van der Waals surface area contributed by atoms with Crippen molar-refractivity contribution in [2.24, 2.45) is 11.7 Å². The number of rotatable bonds is 2. The second-order valence-electron chi connectivity index (χ2n) is 4.93. The van der Waals surface area contributed by atoms with Crippen LogP contribution in [0.4, 0.5) is 0 Å². The van der Waals surface area contributed by atoms with Gasteiger partial charge in [-0.05, 0) is 55.4 Å². The van der Waals surface area contributed by atoms with Crippen molar-refractivity contribution in [1.29, 1.82) is 0 Å². The van der Waals surface area contributed by atoms with Gasteiger partial charge in [0.15, 0.2) is 11.5 Å². The molecule has 86 valence electrons. The van der Waals surface area contributed by atoms with E-state index in [0.29, 0.717) is 12.8 Å². The molecule has 1 aliphatic carbocycles. The number of hydrogen-bond acceptors (Lipinski definition) is 3. The van der Waals surface area contributed by atoms with Gasteiger partial charge >= 0.3 is 0 Å². The van der Waals surface area contributed by atoms with E-state index in [9.17, 15) is 0 Å². The fourth-order valence-electron chi connectivity index (χ4n) is 2.57. The Hall–Kier alpha value is -1.22. The van der Waals surface area contributed by atoms with Gasteiger partial charge in [-0.25, -0.2) is 0 Å². The molecule has 1 aliphatic heterocycles. The van der Waals surface area contributed by atoms with Crippen LogP contribution in [0, 0.1) is 12.8 Å². The molecule has 1 fully saturated rings. The summed E-state index contributed by atoms with van der Waals surface area (Å²) in [6, 6.07) is 4.64. The number of ether oxygens (including phenoxy) is 2. The molecule has 2 N–H and O–H groups in total. The fourth-order valence-corrected chi connectivity index (χ4v) is 2.57. The lowest BCUT2D eigenvalue weighted by Crippen LogP contribution is -2.37. The van der Waals surface area contributed by atoms with E-state index in [1.807, 2.05) is 0 Å². The topological polar surface area (TPSA) is 44.5 Å². The Bertz CT molecular complexity index is 411. The van der Waals surface area contributed by atoms with Crippen LogP contribution in [0.1, 0.15) is 24.0 Å². The highest BCUT2D eigenvalue weighted by molar-refractivity contribution is 5.48. The molecule has 0 aromatic heterocycles. The van der Waals surface area contributed by atoms with E-state index in [1.165, 1.54) is 11.1 Å². The van der Waals surface area contributed by atoms with Gasteiger partial charge < -0.3 is 15.2 Å². The summed E-state index contributed by atoms with van der Waals surface area (Å²) in [5, 5.41) is 0. The highest BCUT2D eigenvalue weighted by Crippen LogP contribution is 2.37. The third-order valence-corrected chi connectivity index (χ3v) is 3.61. The maximum Gasteiger partial charge on any atom is 0.231 e. The van der Waals surface area contributed by atoms with Crippen molar-refractivity contribution >= 4 is 0 Å². The van der Waals surface area contributed by atoms with Gasteiger partial charge in [-0.2, -0.15) is 0 Å². The molecular weight excluding hydrogens is 202 g/mol. The lowest BCUT2D eigenvalue weighted by atomic mass is 9.76. The Morgan fingerprint density at radius 2 is 1.94 bits per heavy atom. The van der Waals surface area contributed by atoms with Crippen LogP contribution in [0.3, 0.4) is 0 Å². The predicted molar refractivity (Wildman–Crippen MR) is 61.7 cm³/mol. The van der Waals surface area contributed by atoms with Crippen molar-refractivity contribution in [2.45, 2.75) is 32.2 Å². The lowest BCUT2D eigenvalue weighted by Gasteiger charge is -2.32. The minimum Gasteiger partial charge on any atom is -0.454 e. The van der Waals surface area contributed by atoms with Gasteiger partial charge in [-0.15, -0.1) is 0 Å². The van der Waals surface area contributed by atoms with Gasteiger partial charge in [-0.1, -0.05) is 0 Å². The molecule has 1 aromatic carbocycles.